The molecule has 0 aromatic carbocycles. The van der Waals surface area contributed by atoms with Crippen LogP contribution in [0.1, 0.15) is 233 Å². The van der Waals surface area contributed by atoms with E-state index in [1.54, 1.807) is 0 Å². The van der Waals surface area contributed by atoms with Crippen LogP contribution in [0.5, 0.6) is 0 Å². The van der Waals surface area contributed by atoms with Crippen LogP contribution < -0.4 is 0 Å². The Labute approximate surface area is 370 Å². The van der Waals surface area contributed by atoms with E-state index in [1.807, 2.05) is 0 Å². The number of carbonyl (C=O) groups excluding carboxylic acids is 3. The molecule has 0 heterocycles. The fourth-order valence-corrected chi connectivity index (χ4v) is 6.71. The minimum Gasteiger partial charge on any atom is -0.462 e. The van der Waals surface area contributed by atoms with Crippen molar-refractivity contribution >= 4 is 17.9 Å². The zero-order chi connectivity index (χ0) is 43.7. The summed E-state index contributed by atoms with van der Waals surface area (Å²) in [5, 5.41) is 0. The molecule has 1 atom stereocenters. The van der Waals surface area contributed by atoms with Crippen LogP contribution in [-0.4, -0.2) is 37.2 Å². The molecule has 0 aliphatic rings. The van der Waals surface area contributed by atoms with Crippen molar-refractivity contribution in [3.05, 3.63) is 72.9 Å². The maximum atomic E-state index is 12.7. The number of carbonyl (C=O) groups is 3. The van der Waals surface area contributed by atoms with Crippen molar-refractivity contribution < 1.29 is 28.6 Å². The second-order valence-electron chi connectivity index (χ2n) is 16.3. The predicted octanol–water partition coefficient (Wildman–Crippen LogP) is 16.3. The summed E-state index contributed by atoms with van der Waals surface area (Å²) in [5.74, 6) is -0.912. The fraction of sp³-hybridized carbons (Fsp3) is 0.722. The van der Waals surface area contributed by atoms with Gasteiger partial charge in [0, 0.05) is 19.3 Å². The molecule has 0 aliphatic heterocycles. The summed E-state index contributed by atoms with van der Waals surface area (Å²) in [6.07, 6.45) is 60.5. The molecule has 0 bridgehead atoms. The van der Waals surface area contributed by atoms with Gasteiger partial charge in [-0.15, -0.1) is 0 Å². The maximum Gasteiger partial charge on any atom is 0.306 e. The van der Waals surface area contributed by atoms with Crippen LogP contribution in [0.25, 0.3) is 0 Å². The summed E-state index contributed by atoms with van der Waals surface area (Å²) >= 11 is 0. The lowest BCUT2D eigenvalue weighted by atomic mass is 10.1. The van der Waals surface area contributed by atoms with Gasteiger partial charge < -0.3 is 14.2 Å². The van der Waals surface area contributed by atoms with Gasteiger partial charge in [0.2, 0.25) is 0 Å². The van der Waals surface area contributed by atoms with E-state index < -0.39 is 6.10 Å². The second kappa shape index (κ2) is 48.5. The first-order valence-corrected chi connectivity index (χ1v) is 24.9. The van der Waals surface area contributed by atoms with Crippen LogP contribution in [0, 0.1) is 0 Å². The summed E-state index contributed by atoms with van der Waals surface area (Å²) in [5.41, 5.74) is 0. The summed E-state index contributed by atoms with van der Waals surface area (Å²) in [7, 11) is 0. The van der Waals surface area contributed by atoms with Crippen LogP contribution in [0.3, 0.4) is 0 Å². The molecule has 0 aliphatic carbocycles. The van der Waals surface area contributed by atoms with Crippen molar-refractivity contribution in [2.45, 2.75) is 239 Å². The Morgan fingerprint density at radius 3 is 1.08 bits per heavy atom. The van der Waals surface area contributed by atoms with Crippen molar-refractivity contribution in [3.8, 4) is 0 Å². The zero-order valence-electron chi connectivity index (χ0n) is 39.2. The highest BCUT2D eigenvalue weighted by molar-refractivity contribution is 5.71. The third-order valence-electron chi connectivity index (χ3n) is 10.4. The molecule has 0 rings (SSSR count). The quantitative estimate of drug-likeness (QED) is 0.0263. The average Bonchev–Trinajstić information content (AvgIpc) is 3.24. The number of allylic oxidation sites excluding steroid dienone is 12. The van der Waals surface area contributed by atoms with Gasteiger partial charge in [-0.2, -0.15) is 0 Å². The monoisotopic (exact) mass is 837 g/mol. The van der Waals surface area contributed by atoms with E-state index in [0.717, 1.165) is 116 Å². The van der Waals surface area contributed by atoms with E-state index >= 15 is 0 Å². The van der Waals surface area contributed by atoms with E-state index in [-0.39, 0.29) is 31.1 Å². The first kappa shape index (κ1) is 56.9. The molecule has 6 nitrogen and oxygen atoms in total. The van der Waals surface area contributed by atoms with Gasteiger partial charge in [0.1, 0.15) is 13.2 Å². The molecule has 1 unspecified atom stereocenters. The topological polar surface area (TPSA) is 78.9 Å². The number of rotatable bonds is 44. The van der Waals surface area contributed by atoms with Gasteiger partial charge in [-0.05, 0) is 83.5 Å². The highest BCUT2D eigenvalue weighted by Gasteiger charge is 2.19. The smallest absolute Gasteiger partial charge is 0.306 e. The number of ether oxygens (including phenoxy) is 3. The van der Waals surface area contributed by atoms with Gasteiger partial charge in [0.15, 0.2) is 6.10 Å². The SMILES string of the molecule is CC/C=C\C/C=C\C/C=C\C/C=C\CCCCCCCCCCCCC(=O)OCC(COC(=O)CCCCCCCC)OC(=O)CCCCCCC/C=C\C/C=C\CCC. The Morgan fingerprint density at radius 1 is 0.350 bits per heavy atom. The molecular weight excluding hydrogens is 745 g/mol. The van der Waals surface area contributed by atoms with Crippen molar-refractivity contribution in [3.63, 3.8) is 0 Å². The molecule has 0 saturated carbocycles. The number of esters is 3. The Kier molecular flexibility index (Phi) is 46.0. The summed E-state index contributed by atoms with van der Waals surface area (Å²) < 4.78 is 16.7. The van der Waals surface area contributed by atoms with E-state index in [9.17, 15) is 14.4 Å². The van der Waals surface area contributed by atoms with Crippen LogP contribution in [-0.2, 0) is 28.6 Å². The van der Waals surface area contributed by atoms with Gasteiger partial charge in [-0.25, -0.2) is 0 Å². The van der Waals surface area contributed by atoms with E-state index in [4.69, 9.17) is 14.2 Å². The maximum absolute atomic E-state index is 12.7. The van der Waals surface area contributed by atoms with Gasteiger partial charge >= 0.3 is 17.9 Å². The van der Waals surface area contributed by atoms with Crippen molar-refractivity contribution in [1.82, 2.24) is 0 Å². The Hall–Kier alpha value is -3.15. The highest BCUT2D eigenvalue weighted by Crippen LogP contribution is 2.14. The van der Waals surface area contributed by atoms with Gasteiger partial charge in [-0.1, -0.05) is 203 Å². The van der Waals surface area contributed by atoms with Crippen LogP contribution in [0.2, 0.25) is 0 Å². The van der Waals surface area contributed by atoms with Crippen molar-refractivity contribution in [2.75, 3.05) is 13.2 Å². The highest BCUT2D eigenvalue weighted by atomic mass is 16.6. The molecule has 0 radical (unpaired) electrons. The van der Waals surface area contributed by atoms with Gasteiger partial charge in [0.05, 0.1) is 0 Å². The first-order chi connectivity index (χ1) is 29.5. The van der Waals surface area contributed by atoms with E-state index in [0.29, 0.717) is 19.3 Å². The standard InChI is InChI=1S/C54H92O6/c1-4-7-10-13-16-18-20-22-23-24-25-26-27-28-29-30-31-33-34-36-38-41-44-47-53(56)59-50-51(49-58-52(55)46-43-40-15-12-9-6-3)60-54(57)48-45-42-39-37-35-32-21-19-17-14-11-8-5-2/h7,10-11,14,16,18-19,21-23,25-26,51H,4-6,8-9,12-13,15,17,20,24,27-50H2,1-3H3/b10-7-,14-11-,18-16-,21-19-,23-22-,26-25-. The fourth-order valence-electron chi connectivity index (χ4n) is 6.71. The lowest BCUT2D eigenvalue weighted by Gasteiger charge is -2.18. The van der Waals surface area contributed by atoms with Gasteiger partial charge in [0.25, 0.3) is 0 Å². The number of unbranched alkanes of at least 4 members (excludes halogenated alkanes) is 21. The molecule has 60 heavy (non-hydrogen) atoms. The third-order valence-corrected chi connectivity index (χ3v) is 10.4. The Balaban J connectivity index is 4.18. The molecule has 0 saturated heterocycles. The van der Waals surface area contributed by atoms with Crippen LogP contribution >= 0.6 is 0 Å². The molecule has 0 spiro atoms. The molecule has 344 valence electrons. The number of hydrogen-bond donors (Lipinski definition) is 0. The predicted molar refractivity (Wildman–Crippen MR) is 256 cm³/mol. The summed E-state index contributed by atoms with van der Waals surface area (Å²) in [4.78, 5) is 37.7. The molecule has 0 amide bonds. The summed E-state index contributed by atoms with van der Waals surface area (Å²) in [6, 6.07) is 0. The van der Waals surface area contributed by atoms with E-state index in [2.05, 4.69) is 93.7 Å². The second-order valence-corrected chi connectivity index (χ2v) is 16.3. The lowest BCUT2D eigenvalue weighted by molar-refractivity contribution is -0.167. The Bertz CT molecular complexity index is 1140. The molecular formula is C54H92O6. The number of hydrogen-bond acceptors (Lipinski definition) is 6. The molecule has 0 aromatic heterocycles. The minimum atomic E-state index is -0.779. The zero-order valence-corrected chi connectivity index (χ0v) is 39.2. The lowest BCUT2D eigenvalue weighted by Crippen LogP contribution is -2.30. The van der Waals surface area contributed by atoms with E-state index in [1.165, 1.54) is 77.0 Å². The average molecular weight is 837 g/mol. The Morgan fingerprint density at radius 2 is 0.683 bits per heavy atom. The normalized spacial score (nSPS) is 12.7. The first-order valence-electron chi connectivity index (χ1n) is 24.9. The van der Waals surface area contributed by atoms with Crippen LogP contribution in [0.15, 0.2) is 72.9 Å². The third kappa shape index (κ3) is 45.9. The molecule has 6 heteroatoms. The van der Waals surface area contributed by atoms with Gasteiger partial charge in [-0.3, -0.25) is 14.4 Å². The molecule has 0 N–H and O–H groups in total. The molecule has 0 aromatic rings. The van der Waals surface area contributed by atoms with Crippen LogP contribution in [0.4, 0.5) is 0 Å². The van der Waals surface area contributed by atoms with Crippen molar-refractivity contribution in [2.24, 2.45) is 0 Å². The minimum absolute atomic E-state index is 0.0825. The molecule has 0 fully saturated rings. The summed E-state index contributed by atoms with van der Waals surface area (Å²) in [6.45, 7) is 6.38. The largest absolute Gasteiger partial charge is 0.462 e. The van der Waals surface area contributed by atoms with Crippen molar-refractivity contribution in [1.29, 1.82) is 0 Å².